The summed E-state index contributed by atoms with van der Waals surface area (Å²) in [6.07, 6.45) is 3.36. The Morgan fingerprint density at radius 3 is 2.44 bits per heavy atom. The summed E-state index contributed by atoms with van der Waals surface area (Å²) in [5.74, 6) is 2.35. The van der Waals surface area contributed by atoms with Gasteiger partial charge in [0.1, 0.15) is 0 Å². The number of guanidine groups is 1. The largest absolute Gasteiger partial charge is 0.493 e. The lowest BCUT2D eigenvalue weighted by atomic mass is 10.1. The molecule has 0 aliphatic heterocycles. The van der Waals surface area contributed by atoms with Crippen LogP contribution in [-0.2, 0) is 6.42 Å². The fourth-order valence-corrected chi connectivity index (χ4v) is 2.49. The van der Waals surface area contributed by atoms with Crippen LogP contribution in [0.1, 0.15) is 25.3 Å². The molecule has 0 bridgehead atoms. The van der Waals surface area contributed by atoms with Gasteiger partial charge >= 0.3 is 0 Å². The summed E-state index contributed by atoms with van der Waals surface area (Å²) in [6, 6.07) is 6.01. The smallest absolute Gasteiger partial charge is 0.191 e. The van der Waals surface area contributed by atoms with Crippen LogP contribution in [0, 0.1) is 0 Å². The van der Waals surface area contributed by atoms with Crippen molar-refractivity contribution in [2.24, 2.45) is 4.99 Å². The van der Waals surface area contributed by atoms with E-state index < -0.39 is 0 Å². The van der Waals surface area contributed by atoms with Gasteiger partial charge in [-0.15, -0.1) is 0 Å². The Morgan fingerprint density at radius 1 is 1.08 bits per heavy atom. The van der Waals surface area contributed by atoms with Crippen LogP contribution in [0.3, 0.4) is 0 Å². The number of ether oxygens (including phenoxy) is 2. The van der Waals surface area contributed by atoms with Crippen LogP contribution in [0.25, 0.3) is 0 Å². The lowest BCUT2D eigenvalue weighted by Crippen LogP contribution is -2.41. The Labute approximate surface area is 152 Å². The van der Waals surface area contributed by atoms with E-state index in [9.17, 15) is 0 Å². The molecule has 0 amide bonds. The monoisotopic (exact) mass is 350 g/mol. The predicted molar refractivity (Wildman–Crippen MR) is 105 cm³/mol. The van der Waals surface area contributed by atoms with Crippen LogP contribution < -0.4 is 20.1 Å². The molecule has 25 heavy (non-hydrogen) atoms. The number of unbranched alkanes of at least 4 members (excludes halogenated alkanes) is 1. The van der Waals surface area contributed by atoms with E-state index in [-0.39, 0.29) is 0 Å². The van der Waals surface area contributed by atoms with Gasteiger partial charge in [0.2, 0.25) is 0 Å². The molecule has 0 saturated heterocycles. The Morgan fingerprint density at radius 2 is 1.80 bits per heavy atom. The molecule has 2 N–H and O–H groups in total. The molecule has 0 heterocycles. The Hall–Kier alpha value is -1.95. The molecule has 1 aromatic rings. The van der Waals surface area contributed by atoms with Gasteiger partial charge in [0.15, 0.2) is 17.5 Å². The molecule has 0 saturated carbocycles. The van der Waals surface area contributed by atoms with Gasteiger partial charge in [-0.05, 0) is 44.1 Å². The van der Waals surface area contributed by atoms with Crippen molar-refractivity contribution in [1.82, 2.24) is 15.5 Å². The van der Waals surface area contributed by atoms with Crippen LogP contribution in [0.4, 0.5) is 0 Å². The number of rotatable bonds is 11. The summed E-state index contributed by atoms with van der Waals surface area (Å²) in [6.45, 7) is 6.06. The van der Waals surface area contributed by atoms with Gasteiger partial charge in [-0.3, -0.25) is 4.99 Å². The van der Waals surface area contributed by atoms with Crippen molar-refractivity contribution in [1.29, 1.82) is 0 Å². The fraction of sp³-hybridized carbons (Fsp3) is 0.632. The van der Waals surface area contributed by atoms with Crippen LogP contribution in [0.15, 0.2) is 23.2 Å². The molecule has 6 heteroatoms. The SMILES string of the molecule is CCCCN(C)CCNC(=NC)NCCc1ccc(OC)c(OC)c1. The standard InChI is InChI=1S/C19H34N4O2/c1-6-7-13-23(3)14-12-22-19(20-2)21-11-10-16-8-9-17(24-4)18(15-16)25-5/h8-9,15H,6-7,10-14H2,1-5H3,(H2,20,21,22). The first kappa shape index (κ1) is 21.1. The average Bonchev–Trinajstić information content (AvgIpc) is 2.64. The quantitative estimate of drug-likeness (QED) is 0.473. The fourth-order valence-electron chi connectivity index (χ4n) is 2.49. The van der Waals surface area contributed by atoms with Crippen molar-refractivity contribution in [2.45, 2.75) is 26.2 Å². The predicted octanol–water partition coefficient (Wildman–Crippen LogP) is 2.14. The molecule has 0 radical (unpaired) electrons. The third kappa shape index (κ3) is 8.12. The summed E-state index contributed by atoms with van der Waals surface area (Å²) in [5.41, 5.74) is 1.19. The maximum atomic E-state index is 5.34. The second-order valence-electron chi connectivity index (χ2n) is 6.02. The third-order valence-electron chi connectivity index (χ3n) is 4.06. The molecular weight excluding hydrogens is 316 g/mol. The molecule has 0 spiro atoms. The first-order valence-electron chi connectivity index (χ1n) is 8.98. The number of benzene rings is 1. The van der Waals surface area contributed by atoms with Gasteiger partial charge in [-0.2, -0.15) is 0 Å². The second-order valence-corrected chi connectivity index (χ2v) is 6.02. The lowest BCUT2D eigenvalue weighted by Gasteiger charge is -2.18. The van der Waals surface area contributed by atoms with E-state index in [0.717, 1.165) is 50.1 Å². The van der Waals surface area contributed by atoms with Crippen molar-refractivity contribution in [3.8, 4) is 11.5 Å². The summed E-state index contributed by atoms with van der Waals surface area (Å²) in [5, 5.41) is 6.71. The molecule has 1 rings (SSSR count). The second kappa shape index (κ2) is 12.4. The van der Waals surface area contributed by atoms with Crippen LogP contribution in [0.5, 0.6) is 11.5 Å². The topological polar surface area (TPSA) is 58.1 Å². The van der Waals surface area contributed by atoms with Gasteiger partial charge < -0.3 is 25.0 Å². The van der Waals surface area contributed by atoms with Gasteiger partial charge in [0.25, 0.3) is 0 Å². The highest BCUT2D eigenvalue weighted by Gasteiger charge is 2.05. The summed E-state index contributed by atoms with van der Waals surface area (Å²) in [4.78, 5) is 6.61. The van der Waals surface area contributed by atoms with Crippen LogP contribution >= 0.6 is 0 Å². The number of hydrogen-bond acceptors (Lipinski definition) is 4. The summed E-state index contributed by atoms with van der Waals surface area (Å²) >= 11 is 0. The molecular formula is C19H34N4O2. The molecule has 1 aromatic carbocycles. The highest BCUT2D eigenvalue weighted by Crippen LogP contribution is 2.27. The highest BCUT2D eigenvalue weighted by atomic mass is 16.5. The number of nitrogens with one attached hydrogen (secondary N) is 2. The molecule has 0 aliphatic rings. The van der Waals surface area contributed by atoms with Crippen molar-refractivity contribution >= 4 is 5.96 Å². The zero-order valence-electron chi connectivity index (χ0n) is 16.4. The van der Waals surface area contributed by atoms with E-state index in [2.05, 4.69) is 40.6 Å². The van der Waals surface area contributed by atoms with Crippen molar-refractivity contribution in [2.75, 3.05) is 54.5 Å². The highest BCUT2D eigenvalue weighted by molar-refractivity contribution is 5.79. The lowest BCUT2D eigenvalue weighted by molar-refractivity contribution is 0.332. The Bertz CT molecular complexity index is 520. The van der Waals surface area contributed by atoms with E-state index in [4.69, 9.17) is 9.47 Å². The van der Waals surface area contributed by atoms with E-state index in [1.54, 1.807) is 21.3 Å². The number of hydrogen-bond donors (Lipinski definition) is 2. The summed E-state index contributed by atoms with van der Waals surface area (Å²) in [7, 11) is 7.26. The van der Waals surface area contributed by atoms with Crippen molar-refractivity contribution < 1.29 is 9.47 Å². The summed E-state index contributed by atoms with van der Waals surface area (Å²) < 4.78 is 10.6. The molecule has 0 fully saturated rings. The van der Waals surface area contributed by atoms with Crippen LogP contribution in [-0.4, -0.2) is 65.4 Å². The van der Waals surface area contributed by atoms with E-state index >= 15 is 0 Å². The van der Waals surface area contributed by atoms with E-state index in [1.165, 1.54) is 18.4 Å². The first-order chi connectivity index (χ1) is 12.1. The number of methoxy groups -OCH3 is 2. The zero-order chi connectivity index (χ0) is 18.5. The first-order valence-corrected chi connectivity index (χ1v) is 8.98. The van der Waals surface area contributed by atoms with E-state index in [1.807, 2.05) is 12.1 Å². The van der Waals surface area contributed by atoms with Crippen LogP contribution in [0.2, 0.25) is 0 Å². The van der Waals surface area contributed by atoms with Gasteiger partial charge in [0.05, 0.1) is 14.2 Å². The van der Waals surface area contributed by atoms with E-state index in [0.29, 0.717) is 0 Å². The van der Waals surface area contributed by atoms with Crippen molar-refractivity contribution in [3.05, 3.63) is 23.8 Å². The van der Waals surface area contributed by atoms with Gasteiger partial charge in [-0.25, -0.2) is 0 Å². The number of likely N-dealkylation sites (N-methyl/N-ethyl adjacent to an activating group) is 1. The molecule has 0 atom stereocenters. The maximum absolute atomic E-state index is 5.34. The molecule has 6 nitrogen and oxygen atoms in total. The molecule has 0 aromatic heterocycles. The molecule has 142 valence electrons. The minimum atomic E-state index is 0.754. The average molecular weight is 351 g/mol. The van der Waals surface area contributed by atoms with Crippen molar-refractivity contribution in [3.63, 3.8) is 0 Å². The Kier molecular flexibility index (Phi) is 10.5. The Balaban J connectivity index is 2.33. The third-order valence-corrected chi connectivity index (χ3v) is 4.06. The maximum Gasteiger partial charge on any atom is 0.191 e. The molecule has 0 aliphatic carbocycles. The normalized spacial score (nSPS) is 11.5. The number of nitrogens with zero attached hydrogens (tertiary/aromatic N) is 2. The minimum Gasteiger partial charge on any atom is -0.493 e. The molecule has 0 unspecified atom stereocenters. The zero-order valence-corrected chi connectivity index (χ0v) is 16.4. The van der Waals surface area contributed by atoms with Gasteiger partial charge in [-0.1, -0.05) is 19.4 Å². The minimum absolute atomic E-state index is 0.754. The number of aliphatic imine (C=N–C) groups is 1. The van der Waals surface area contributed by atoms with Gasteiger partial charge in [0, 0.05) is 26.7 Å².